The van der Waals surface area contributed by atoms with E-state index in [2.05, 4.69) is 17.4 Å². The topological polar surface area (TPSA) is 39.7 Å². The van der Waals surface area contributed by atoms with Crippen LogP contribution in [0, 0.1) is 0 Å². The maximum absolute atomic E-state index is 5.92. The summed E-state index contributed by atoms with van der Waals surface area (Å²) >= 11 is 0. The normalized spacial score (nSPS) is 18.8. The van der Waals surface area contributed by atoms with Gasteiger partial charge in [0.25, 0.3) is 0 Å². The van der Waals surface area contributed by atoms with Crippen LogP contribution in [0.4, 0.5) is 5.69 Å². The molecule has 21 heavy (non-hydrogen) atoms. The lowest BCUT2D eigenvalue weighted by Gasteiger charge is -2.19. The zero-order valence-corrected chi connectivity index (χ0v) is 11.7. The van der Waals surface area contributed by atoms with Crippen LogP contribution in [0.3, 0.4) is 0 Å². The van der Waals surface area contributed by atoms with Crippen LogP contribution in [0.2, 0.25) is 0 Å². The van der Waals surface area contributed by atoms with Gasteiger partial charge in [-0.05, 0) is 23.8 Å². The minimum atomic E-state index is 0.176. The van der Waals surface area contributed by atoms with Crippen LogP contribution < -0.4 is 19.5 Å². The van der Waals surface area contributed by atoms with Crippen molar-refractivity contribution >= 4 is 5.69 Å². The van der Waals surface area contributed by atoms with E-state index in [9.17, 15) is 0 Å². The van der Waals surface area contributed by atoms with Crippen molar-refractivity contribution in [2.24, 2.45) is 0 Å². The van der Waals surface area contributed by atoms with Crippen molar-refractivity contribution in [2.45, 2.75) is 12.5 Å². The molecule has 108 valence electrons. The van der Waals surface area contributed by atoms with Gasteiger partial charge < -0.3 is 19.5 Å². The number of hydrogen-bond donors (Lipinski definition) is 1. The number of benzene rings is 2. The summed E-state index contributed by atoms with van der Waals surface area (Å²) in [7, 11) is 0. The molecule has 1 N–H and O–H groups in total. The highest BCUT2D eigenvalue weighted by Crippen LogP contribution is 2.33. The summed E-state index contributed by atoms with van der Waals surface area (Å²) < 4.78 is 17.0. The Hall–Kier alpha value is -2.36. The third-order valence-corrected chi connectivity index (χ3v) is 3.79. The van der Waals surface area contributed by atoms with Crippen molar-refractivity contribution in [2.75, 3.05) is 25.1 Å². The first-order valence-electron chi connectivity index (χ1n) is 7.26. The molecule has 4 rings (SSSR count). The van der Waals surface area contributed by atoms with Crippen molar-refractivity contribution in [1.82, 2.24) is 0 Å². The van der Waals surface area contributed by atoms with Crippen molar-refractivity contribution in [3.05, 3.63) is 48.0 Å². The Balaban J connectivity index is 1.40. The maximum Gasteiger partial charge on any atom is 0.163 e. The summed E-state index contributed by atoms with van der Waals surface area (Å²) in [4.78, 5) is 0. The average Bonchev–Trinajstić information content (AvgIpc) is 2.95. The Bertz CT molecular complexity index is 631. The molecule has 1 unspecified atom stereocenters. The number of para-hydroxylation sites is 1. The zero-order chi connectivity index (χ0) is 14.1. The highest BCUT2D eigenvalue weighted by atomic mass is 16.6. The standard InChI is InChI=1S/C17H17NO3/c1-2-4-15-12(3-1)9-14(21-15)11-18-13-5-6-16-17(10-13)20-8-7-19-16/h1-6,10,14,18H,7-9,11H2. The lowest BCUT2D eigenvalue weighted by Crippen LogP contribution is -2.24. The van der Waals surface area contributed by atoms with Crippen LogP contribution in [-0.4, -0.2) is 25.9 Å². The highest BCUT2D eigenvalue weighted by Gasteiger charge is 2.22. The molecule has 2 aromatic carbocycles. The molecule has 2 aromatic rings. The molecule has 0 radical (unpaired) electrons. The minimum Gasteiger partial charge on any atom is -0.488 e. The molecule has 0 fully saturated rings. The molecule has 0 amide bonds. The van der Waals surface area contributed by atoms with E-state index in [-0.39, 0.29) is 6.10 Å². The third-order valence-electron chi connectivity index (χ3n) is 3.79. The zero-order valence-electron chi connectivity index (χ0n) is 11.7. The molecule has 2 heterocycles. The maximum atomic E-state index is 5.92. The summed E-state index contributed by atoms with van der Waals surface area (Å²) in [5, 5.41) is 3.41. The fraction of sp³-hybridized carbons (Fsp3) is 0.294. The molecule has 0 saturated heterocycles. The summed E-state index contributed by atoms with van der Waals surface area (Å²) in [5.74, 6) is 2.63. The Morgan fingerprint density at radius 2 is 1.81 bits per heavy atom. The van der Waals surface area contributed by atoms with Crippen LogP contribution in [0.5, 0.6) is 17.2 Å². The molecule has 4 nitrogen and oxygen atoms in total. The van der Waals surface area contributed by atoms with E-state index >= 15 is 0 Å². The molecule has 1 atom stereocenters. The van der Waals surface area contributed by atoms with E-state index in [0.717, 1.165) is 35.9 Å². The van der Waals surface area contributed by atoms with Gasteiger partial charge in [0.2, 0.25) is 0 Å². The Kier molecular flexibility index (Phi) is 3.07. The summed E-state index contributed by atoms with van der Waals surface area (Å²) in [6.45, 7) is 2.00. The lowest BCUT2D eigenvalue weighted by atomic mass is 10.1. The van der Waals surface area contributed by atoms with Crippen molar-refractivity contribution in [3.63, 3.8) is 0 Å². The van der Waals surface area contributed by atoms with E-state index in [4.69, 9.17) is 14.2 Å². The second-order valence-electron chi connectivity index (χ2n) is 5.29. The molecular formula is C17H17NO3. The van der Waals surface area contributed by atoms with Gasteiger partial charge in [0, 0.05) is 18.2 Å². The summed E-state index contributed by atoms with van der Waals surface area (Å²) in [5.41, 5.74) is 2.31. The van der Waals surface area contributed by atoms with Crippen molar-refractivity contribution < 1.29 is 14.2 Å². The first kappa shape index (κ1) is 12.4. The molecule has 4 heteroatoms. The molecule has 0 aliphatic carbocycles. The minimum absolute atomic E-state index is 0.176. The Morgan fingerprint density at radius 1 is 0.952 bits per heavy atom. The van der Waals surface area contributed by atoms with Gasteiger partial charge in [-0.15, -0.1) is 0 Å². The van der Waals surface area contributed by atoms with Gasteiger partial charge in [0.05, 0.1) is 6.54 Å². The number of anilines is 1. The van der Waals surface area contributed by atoms with Crippen LogP contribution in [0.1, 0.15) is 5.56 Å². The van der Waals surface area contributed by atoms with Crippen LogP contribution in [-0.2, 0) is 6.42 Å². The number of hydrogen-bond acceptors (Lipinski definition) is 4. The van der Waals surface area contributed by atoms with E-state index in [0.29, 0.717) is 13.2 Å². The van der Waals surface area contributed by atoms with Gasteiger partial charge in [-0.1, -0.05) is 18.2 Å². The van der Waals surface area contributed by atoms with Gasteiger partial charge in [-0.2, -0.15) is 0 Å². The number of rotatable bonds is 3. The van der Waals surface area contributed by atoms with Gasteiger partial charge in [0.1, 0.15) is 25.1 Å². The monoisotopic (exact) mass is 283 g/mol. The summed E-state index contributed by atoms with van der Waals surface area (Å²) in [6, 6.07) is 14.2. The molecule has 0 saturated carbocycles. The van der Waals surface area contributed by atoms with Crippen LogP contribution >= 0.6 is 0 Å². The van der Waals surface area contributed by atoms with Gasteiger partial charge in [-0.25, -0.2) is 0 Å². The predicted molar refractivity (Wildman–Crippen MR) is 80.5 cm³/mol. The van der Waals surface area contributed by atoms with E-state index < -0.39 is 0 Å². The fourth-order valence-corrected chi connectivity index (χ4v) is 2.75. The molecule has 0 spiro atoms. The number of ether oxygens (including phenoxy) is 3. The lowest BCUT2D eigenvalue weighted by molar-refractivity contribution is 0.171. The van der Waals surface area contributed by atoms with Crippen LogP contribution in [0.25, 0.3) is 0 Å². The molecule has 0 aromatic heterocycles. The Morgan fingerprint density at radius 3 is 2.71 bits per heavy atom. The van der Waals surface area contributed by atoms with Gasteiger partial charge >= 0.3 is 0 Å². The van der Waals surface area contributed by atoms with Crippen molar-refractivity contribution in [1.29, 1.82) is 0 Å². The van der Waals surface area contributed by atoms with Crippen LogP contribution in [0.15, 0.2) is 42.5 Å². The van der Waals surface area contributed by atoms with E-state index in [1.54, 1.807) is 0 Å². The van der Waals surface area contributed by atoms with Gasteiger partial charge in [-0.3, -0.25) is 0 Å². The smallest absolute Gasteiger partial charge is 0.163 e. The quantitative estimate of drug-likeness (QED) is 0.940. The first-order valence-corrected chi connectivity index (χ1v) is 7.26. The van der Waals surface area contributed by atoms with E-state index in [1.807, 2.05) is 30.3 Å². The predicted octanol–water partition coefficient (Wildman–Crippen LogP) is 2.87. The Labute approximate surface area is 123 Å². The second-order valence-corrected chi connectivity index (χ2v) is 5.29. The number of nitrogens with one attached hydrogen (secondary N) is 1. The van der Waals surface area contributed by atoms with Gasteiger partial charge in [0.15, 0.2) is 11.5 Å². The molecule has 2 aliphatic rings. The largest absolute Gasteiger partial charge is 0.488 e. The SMILES string of the molecule is c1ccc2c(c1)CC(CNc1ccc3c(c1)OCCO3)O2. The second kappa shape index (κ2) is 5.20. The molecule has 2 aliphatic heterocycles. The average molecular weight is 283 g/mol. The molecular weight excluding hydrogens is 266 g/mol. The third kappa shape index (κ3) is 2.49. The highest BCUT2D eigenvalue weighted by molar-refractivity contribution is 5.55. The van der Waals surface area contributed by atoms with Crippen molar-refractivity contribution in [3.8, 4) is 17.2 Å². The summed E-state index contributed by atoms with van der Waals surface area (Å²) in [6.07, 6.45) is 1.13. The van der Waals surface area contributed by atoms with E-state index in [1.165, 1.54) is 5.56 Å². The molecule has 0 bridgehead atoms. The number of fused-ring (bicyclic) bond motifs is 2. The fourth-order valence-electron chi connectivity index (χ4n) is 2.75. The first-order chi connectivity index (χ1) is 10.4.